The molecule has 8 heteroatoms. The minimum absolute atomic E-state index is 0.149. The van der Waals surface area contributed by atoms with Crippen LogP contribution in [-0.2, 0) is 14.8 Å². The van der Waals surface area contributed by atoms with Gasteiger partial charge in [0.15, 0.2) is 0 Å². The summed E-state index contributed by atoms with van der Waals surface area (Å²) in [6, 6.07) is 8.26. The molecule has 0 aromatic heterocycles. The fraction of sp³-hybridized carbons (Fsp3) is 0.278. The Bertz CT molecular complexity index is 942. The lowest BCUT2D eigenvalue weighted by Crippen LogP contribution is -2.33. The molecule has 0 saturated heterocycles. The Morgan fingerprint density at radius 1 is 1.12 bits per heavy atom. The molecule has 0 saturated carbocycles. The van der Waals surface area contributed by atoms with Crippen LogP contribution >= 0.6 is 11.6 Å². The topological polar surface area (TPSA) is 84.5 Å². The molecule has 0 unspecified atom stereocenters. The summed E-state index contributed by atoms with van der Waals surface area (Å²) >= 11 is 6.03. The SMILES string of the molecule is COc1cc(Cl)c(C)cc1NC(=O)CNS(=O)(=O)c1ccc(C)cc1C. The molecule has 0 aliphatic carbocycles. The quantitative estimate of drug-likeness (QED) is 0.785. The molecule has 2 N–H and O–H groups in total. The van der Waals surface area contributed by atoms with Gasteiger partial charge in [0.1, 0.15) is 5.75 Å². The molecule has 6 nitrogen and oxygen atoms in total. The van der Waals surface area contributed by atoms with E-state index >= 15 is 0 Å². The van der Waals surface area contributed by atoms with Gasteiger partial charge in [0.2, 0.25) is 15.9 Å². The van der Waals surface area contributed by atoms with Crippen molar-refractivity contribution < 1.29 is 17.9 Å². The van der Waals surface area contributed by atoms with Crippen molar-refractivity contribution in [2.75, 3.05) is 19.0 Å². The highest BCUT2D eigenvalue weighted by Crippen LogP contribution is 2.30. The Labute approximate surface area is 158 Å². The van der Waals surface area contributed by atoms with Crippen LogP contribution < -0.4 is 14.8 Å². The van der Waals surface area contributed by atoms with E-state index in [9.17, 15) is 13.2 Å². The van der Waals surface area contributed by atoms with Crippen molar-refractivity contribution in [1.29, 1.82) is 0 Å². The van der Waals surface area contributed by atoms with Crippen molar-refractivity contribution in [1.82, 2.24) is 4.72 Å². The van der Waals surface area contributed by atoms with Crippen molar-refractivity contribution in [3.05, 3.63) is 52.0 Å². The molecule has 0 bridgehead atoms. The molecule has 0 spiro atoms. The average Bonchev–Trinajstić information content (AvgIpc) is 2.56. The second-order valence-corrected chi connectivity index (χ2v) is 8.09. The van der Waals surface area contributed by atoms with Crippen LogP contribution in [0.25, 0.3) is 0 Å². The predicted molar refractivity (Wildman–Crippen MR) is 102 cm³/mol. The van der Waals surface area contributed by atoms with Crippen LogP contribution in [0, 0.1) is 20.8 Å². The monoisotopic (exact) mass is 396 g/mol. The third-order valence-corrected chi connectivity index (χ3v) is 5.77. The maximum atomic E-state index is 12.4. The van der Waals surface area contributed by atoms with E-state index < -0.39 is 22.5 Å². The molecule has 0 radical (unpaired) electrons. The second kappa shape index (κ2) is 8.07. The average molecular weight is 397 g/mol. The van der Waals surface area contributed by atoms with Crippen LogP contribution in [0.2, 0.25) is 5.02 Å². The summed E-state index contributed by atoms with van der Waals surface area (Å²) in [5, 5.41) is 3.14. The first kappa shape index (κ1) is 20.2. The number of ether oxygens (including phenoxy) is 1. The van der Waals surface area contributed by atoms with E-state index in [0.29, 0.717) is 22.0 Å². The van der Waals surface area contributed by atoms with Crippen LogP contribution in [0.1, 0.15) is 16.7 Å². The highest BCUT2D eigenvalue weighted by molar-refractivity contribution is 7.89. The number of nitrogens with one attached hydrogen (secondary N) is 2. The molecule has 2 aromatic carbocycles. The largest absolute Gasteiger partial charge is 0.495 e. The molecular formula is C18H21ClN2O4S. The molecule has 0 aliphatic rings. The van der Waals surface area contributed by atoms with Gasteiger partial charge in [0.25, 0.3) is 0 Å². The number of rotatable bonds is 6. The molecule has 0 aliphatic heterocycles. The van der Waals surface area contributed by atoms with Crippen molar-refractivity contribution in [3.63, 3.8) is 0 Å². The predicted octanol–water partition coefficient (Wildman–Crippen LogP) is 3.19. The Kier molecular flexibility index (Phi) is 6.28. The molecule has 26 heavy (non-hydrogen) atoms. The zero-order valence-corrected chi connectivity index (χ0v) is 16.6. The van der Waals surface area contributed by atoms with Gasteiger partial charge in [-0.25, -0.2) is 13.1 Å². The number of amides is 1. The van der Waals surface area contributed by atoms with Gasteiger partial charge in [-0.3, -0.25) is 4.79 Å². The molecule has 1 amide bonds. The summed E-state index contributed by atoms with van der Waals surface area (Å²) in [5.41, 5.74) is 2.76. The summed E-state index contributed by atoms with van der Waals surface area (Å²) in [6.45, 7) is 4.98. The van der Waals surface area contributed by atoms with E-state index in [0.717, 1.165) is 11.1 Å². The third kappa shape index (κ3) is 4.75. The number of sulfonamides is 1. The van der Waals surface area contributed by atoms with Crippen molar-refractivity contribution in [2.24, 2.45) is 0 Å². The molecule has 0 atom stereocenters. The highest BCUT2D eigenvalue weighted by atomic mass is 35.5. The van der Waals surface area contributed by atoms with Gasteiger partial charge in [-0.05, 0) is 44.0 Å². The van der Waals surface area contributed by atoms with E-state index in [-0.39, 0.29) is 4.90 Å². The van der Waals surface area contributed by atoms with Crippen LogP contribution in [0.3, 0.4) is 0 Å². The molecule has 0 fully saturated rings. The Balaban J connectivity index is 2.10. The van der Waals surface area contributed by atoms with Crippen molar-refractivity contribution >= 4 is 33.2 Å². The Morgan fingerprint density at radius 2 is 1.81 bits per heavy atom. The molecule has 2 rings (SSSR count). The summed E-state index contributed by atoms with van der Waals surface area (Å²) in [5.74, 6) is -0.121. The smallest absolute Gasteiger partial charge is 0.241 e. The van der Waals surface area contributed by atoms with Gasteiger partial charge in [-0.1, -0.05) is 29.3 Å². The van der Waals surface area contributed by atoms with Crippen LogP contribution in [0.15, 0.2) is 35.2 Å². The van der Waals surface area contributed by atoms with E-state index in [2.05, 4.69) is 10.0 Å². The number of halogens is 1. The van der Waals surface area contributed by atoms with Crippen molar-refractivity contribution in [3.8, 4) is 5.75 Å². The summed E-state index contributed by atoms with van der Waals surface area (Å²) in [7, 11) is -2.33. The van der Waals surface area contributed by atoms with E-state index in [1.807, 2.05) is 6.92 Å². The van der Waals surface area contributed by atoms with Gasteiger partial charge in [0, 0.05) is 11.1 Å². The number of carbonyl (C=O) groups is 1. The Hall–Kier alpha value is -2.09. The summed E-state index contributed by atoms with van der Waals surface area (Å²) in [4.78, 5) is 12.3. The first-order chi connectivity index (χ1) is 12.1. The minimum atomic E-state index is -3.79. The lowest BCUT2D eigenvalue weighted by molar-refractivity contribution is -0.115. The van der Waals surface area contributed by atoms with Crippen LogP contribution in [0.5, 0.6) is 5.75 Å². The number of carbonyl (C=O) groups excluding carboxylic acids is 1. The van der Waals surface area contributed by atoms with Crippen LogP contribution in [0.4, 0.5) is 5.69 Å². The normalized spacial score (nSPS) is 11.3. The number of benzene rings is 2. The number of hydrogen-bond acceptors (Lipinski definition) is 4. The fourth-order valence-electron chi connectivity index (χ4n) is 2.46. The number of methoxy groups -OCH3 is 1. The van der Waals surface area contributed by atoms with Gasteiger partial charge in [0.05, 0.1) is 24.2 Å². The maximum absolute atomic E-state index is 12.4. The highest BCUT2D eigenvalue weighted by Gasteiger charge is 2.18. The molecular weight excluding hydrogens is 376 g/mol. The number of aryl methyl sites for hydroxylation is 3. The molecule has 140 valence electrons. The fourth-order valence-corrected chi connectivity index (χ4v) is 3.82. The van der Waals surface area contributed by atoms with Gasteiger partial charge >= 0.3 is 0 Å². The third-order valence-electron chi connectivity index (χ3n) is 3.80. The number of hydrogen-bond donors (Lipinski definition) is 2. The first-order valence-corrected chi connectivity index (χ1v) is 9.71. The minimum Gasteiger partial charge on any atom is -0.495 e. The number of anilines is 1. The van der Waals surface area contributed by atoms with Gasteiger partial charge in [-0.2, -0.15) is 0 Å². The first-order valence-electron chi connectivity index (χ1n) is 7.85. The standard InChI is InChI=1S/C18H21ClN2O4S/c1-11-5-6-17(13(3)7-11)26(23,24)20-10-18(22)21-15-8-12(2)14(19)9-16(15)25-4/h5-9,20H,10H2,1-4H3,(H,21,22). The van der Waals surface area contributed by atoms with Crippen LogP contribution in [-0.4, -0.2) is 28.0 Å². The second-order valence-electron chi connectivity index (χ2n) is 5.94. The zero-order chi connectivity index (χ0) is 19.5. The Morgan fingerprint density at radius 3 is 2.42 bits per heavy atom. The summed E-state index contributed by atoms with van der Waals surface area (Å²) < 4.78 is 32.3. The summed E-state index contributed by atoms with van der Waals surface area (Å²) in [6.07, 6.45) is 0. The lowest BCUT2D eigenvalue weighted by atomic mass is 10.2. The van der Waals surface area contributed by atoms with Gasteiger partial charge < -0.3 is 10.1 Å². The zero-order valence-electron chi connectivity index (χ0n) is 15.0. The maximum Gasteiger partial charge on any atom is 0.241 e. The van der Waals surface area contributed by atoms with E-state index in [1.165, 1.54) is 13.2 Å². The van der Waals surface area contributed by atoms with E-state index in [4.69, 9.17) is 16.3 Å². The van der Waals surface area contributed by atoms with E-state index in [1.54, 1.807) is 38.1 Å². The molecule has 0 heterocycles. The van der Waals surface area contributed by atoms with Gasteiger partial charge in [-0.15, -0.1) is 0 Å². The van der Waals surface area contributed by atoms with Crippen molar-refractivity contribution in [2.45, 2.75) is 25.7 Å². The lowest BCUT2D eigenvalue weighted by Gasteiger charge is -2.13. The molecule has 2 aromatic rings.